The lowest BCUT2D eigenvalue weighted by Crippen LogP contribution is -2.25. The first-order chi connectivity index (χ1) is 10.7. The first kappa shape index (κ1) is 13.6. The van der Waals surface area contributed by atoms with Gasteiger partial charge in [-0.2, -0.15) is 4.98 Å². The Kier molecular flexibility index (Phi) is 3.27. The van der Waals surface area contributed by atoms with Crippen molar-refractivity contribution in [2.75, 3.05) is 6.54 Å². The van der Waals surface area contributed by atoms with Gasteiger partial charge in [-0.3, -0.25) is 14.1 Å². The van der Waals surface area contributed by atoms with Crippen molar-refractivity contribution in [1.29, 1.82) is 0 Å². The van der Waals surface area contributed by atoms with E-state index < -0.39 is 0 Å². The minimum Gasteiger partial charge on any atom is -0.340 e. The van der Waals surface area contributed by atoms with Crippen LogP contribution in [0.2, 0.25) is 0 Å². The zero-order valence-corrected chi connectivity index (χ0v) is 12.9. The molecule has 4 rings (SSSR count). The molecule has 3 aromatic heterocycles. The largest absolute Gasteiger partial charge is 0.340 e. The van der Waals surface area contributed by atoms with Crippen LogP contribution in [0.15, 0.2) is 27.0 Å². The summed E-state index contributed by atoms with van der Waals surface area (Å²) in [6, 6.07) is 1.75. The Labute approximate surface area is 130 Å². The average Bonchev–Trinajstić information content (AvgIpc) is 3.19. The molecule has 0 aliphatic carbocycles. The third-order valence-electron chi connectivity index (χ3n) is 3.93. The fraction of sp³-hybridized carbons (Fsp3) is 0.429. The summed E-state index contributed by atoms with van der Waals surface area (Å²) in [4.78, 5) is 24.0. The summed E-state index contributed by atoms with van der Waals surface area (Å²) < 4.78 is 6.65. The smallest absolute Gasteiger partial charge is 0.258 e. The lowest BCUT2D eigenvalue weighted by molar-refractivity contribution is 0.231. The zero-order chi connectivity index (χ0) is 15.1. The van der Waals surface area contributed by atoms with Crippen LogP contribution in [0, 0.1) is 6.92 Å². The second kappa shape index (κ2) is 5.29. The number of likely N-dealkylation sites (tertiary alicyclic amines) is 1. The van der Waals surface area contributed by atoms with E-state index in [1.54, 1.807) is 23.6 Å². The molecule has 1 fully saturated rings. The molecule has 0 aromatic carbocycles. The molecule has 114 valence electrons. The highest BCUT2D eigenvalue weighted by Gasteiger charge is 2.30. The molecule has 1 atom stereocenters. The van der Waals surface area contributed by atoms with Gasteiger partial charge >= 0.3 is 0 Å². The summed E-state index contributed by atoms with van der Waals surface area (Å²) >= 11 is 1.47. The molecule has 0 radical (unpaired) electrons. The third-order valence-corrected chi connectivity index (χ3v) is 4.68. The number of aromatic nitrogens is 4. The van der Waals surface area contributed by atoms with Gasteiger partial charge in [-0.05, 0) is 19.4 Å². The van der Waals surface area contributed by atoms with E-state index in [0.29, 0.717) is 12.4 Å². The standard InChI is InChI=1S/C14H15N5O2S/c1-9-15-13(17-21-9)11-3-2-4-18(11)8-10-7-12(20)19-5-6-22-14(19)16-10/h5-7,11H,2-4,8H2,1H3. The second-order valence-electron chi connectivity index (χ2n) is 5.44. The van der Waals surface area contributed by atoms with E-state index in [1.807, 2.05) is 5.38 Å². The number of nitrogens with zero attached hydrogens (tertiary/aromatic N) is 5. The maximum Gasteiger partial charge on any atom is 0.258 e. The quantitative estimate of drug-likeness (QED) is 0.733. The van der Waals surface area contributed by atoms with Crippen LogP contribution in [-0.2, 0) is 6.54 Å². The van der Waals surface area contributed by atoms with Crippen LogP contribution in [0.1, 0.15) is 36.3 Å². The Bertz CT molecular complexity index is 867. The Hall–Kier alpha value is -2.06. The van der Waals surface area contributed by atoms with Crippen molar-refractivity contribution in [2.45, 2.75) is 32.4 Å². The van der Waals surface area contributed by atoms with Gasteiger partial charge in [0.1, 0.15) is 0 Å². The van der Waals surface area contributed by atoms with Crippen LogP contribution in [0.3, 0.4) is 0 Å². The Morgan fingerprint density at radius 3 is 3.18 bits per heavy atom. The normalized spacial score (nSPS) is 19.2. The number of hydrogen-bond donors (Lipinski definition) is 0. The van der Waals surface area contributed by atoms with Crippen molar-refractivity contribution in [2.24, 2.45) is 0 Å². The fourth-order valence-corrected chi connectivity index (χ4v) is 3.67. The number of thiazole rings is 1. The molecule has 0 amide bonds. The maximum absolute atomic E-state index is 12.1. The summed E-state index contributed by atoms with van der Waals surface area (Å²) in [6.45, 7) is 3.37. The molecular weight excluding hydrogens is 302 g/mol. The zero-order valence-electron chi connectivity index (χ0n) is 12.1. The van der Waals surface area contributed by atoms with Crippen molar-refractivity contribution in [3.05, 3.63) is 45.4 Å². The van der Waals surface area contributed by atoms with Crippen molar-refractivity contribution in [3.8, 4) is 0 Å². The molecule has 3 aromatic rings. The number of fused-ring (bicyclic) bond motifs is 1. The lowest BCUT2D eigenvalue weighted by Gasteiger charge is -2.21. The SMILES string of the molecule is Cc1nc(C2CCCN2Cc2cc(=O)n3ccsc3n2)no1. The van der Waals surface area contributed by atoms with E-state index in [2.05, 4.69) is 20.0 Å². The molecule has 0 N–H and O–H groups in total. The van der Waals surface area contributed by atoms with Gasteiger partial charge in [0.2, 0.25) is 5.89 Å². The van der Waals surface area contributed by atoms with Crippen LogP contribution < -0.4 is 5.56 Å². The van der Waals surface area contributed by atoms with E-state index in [0.717, 1.165) is 35.9 Å². The number of rotatable bonds is 3. The van der Waals surface area contributed by atoms with E-state index >= 15 is 0 Å². The molecule has 22 heavy (non-hydrogen) atoms. The van der Waals surface area contributed by atoms with Crippen molar-refractivity contribution < 1.29 is 4.52 Å². The lowest BCUT2D eigenvalue weighted by atomic mass is 10.2. The Morgan fingerprint density at radius 1 is 1.45 bits per heavy atom. The van der Waals surface area contributed by atoms with Gasteiger partial charge in [-0.25, -0.2) is 4.98 Å². The highest BCUT2D eigenvalue weighted by Crippen LogP contribution is 2.31. The second-order valence-corrected chi connectivity index (χ2v) is 6.31. The summed E-state index contributed by atoms with van der Waals surface area (Å²) in [5, 5.41) is 5.91. The highest BCUT2D eigenvalue weighted by molar-refractivity contribution is 7.15. The minimum atomic E-state index is -0.0348. The monoisotopic (exact) mass is 317 g/mol. The summed E-state index contributed by atoms with van der Waals surface area (Å²) in [6.07, 6.45) is 3.83. The molecule has 0 bridgehead atoms. The molecule has 8 heteroatoms. The van der Waals surface area contributed by atoms with Crippen molar-refractivity contribution in [3.63, 3.8) is 0 Å². The van der Waals surface area contributed by atoms with E-state index in [9.17, 15) is 4.79 Å². The molecule has 4 heterocycles. The van der Waals surface area contributed by atoms with Crippen LogP contribution >= 0.6 is 11.3 Å². The van der Waals surface area contributed by atoms with Crippen molar-refractivity contribution >= 4 is 16.3 Å². The van der Waals surface area contributed by atoms with Gasteiger partial charge in [0, 0.05) is 31.1 Å². The van der Waals surface area contributed by atoms with E-state index in [4.69, 9.17) is 4.52 Å². The first-order valence-electron chi connectivity index (χ1n) is 7.21. The predicted octanol–water partition coefficient (Wildman–Crippen LogP) is 1.78. The third kappa shape index (κ3) is 2.34. The average molecular weight is 317 g/mol. The maximum atomic E-state index is 12.1. The Balaban J connectivity index is 1.62. The summed E-state index contributed by atoms with van der Waals surface area (Å²) in [5.74, 6) is 1.31. The van der Waals surface area contributed by atoms with Crippen LogP contribution in [-0.4, -0.2) is 31.0 Å². The number of aryl methyl sites for hydroxylation is 1. The van der Waals surface area contributed by atoms with Crippen molar-refractivity contribution in [1.82, 2.24) is 24.4 Å². The first-order valence-corrected chi connectivity index (χ1v) is 8.09. The molecule has 7 nitrogen and oxygen atoms in total. The Morgan fingerprint density at radius 2 is 2.36 bits per heavy atom. The molecule has 0 saturated carbocycles. The molecule has 1 unspecified atom stereocenters. The molecule has 1 aliphatic heterocycles. The predicted molar refractivity (Wildman–Crippen MR) is 80.8 cm³/mol. The summed E-state index contributed by atoms with van der Waals surface area (Å²) in [7, 11) is 0. The van der Waals surface area contributed by atoms with Crippen LogP contribution in [0.25, 0.3) is 4.96 Å². The van der Waals surface area contributed by atoms with E-state index in [1.165, 1.54) is 11.3 Å². The molecule has 1 saturated heterocycles. The minimum absolute atomic E-state index is 0.0348. The summed E-state index contributed by atoms with van der Waals surface area (Å²) in [5.41, 5.74) is 0.756. The highest BCUT2D eigenvalue weighted by atomic mass is 32.1. The van der Waals surface area contributed by atoms with Crippen LogP contribution in [0.5, 0.6) is 0 Å². The van der Waals surface area contributed by atoms with Crippen LogP contribution in [0.4, 0.5) is 0 Å². The fourth-order valence-electron chi connectivity index (χ4n) is 2.94. The van der Waals surface area contributed by atoms with Gasteiger partial charge in [0.15, 0.2) is 10.8 Å². The molecule has 1 aliphatic rings. The molecular formula is C14H15N5O2S. The number of hydrogen-bond acceptors (Lipinski definition) is 7. The molecule has 0 spiro atoms. The van der Waals surface area contributed by atoms with Gasteiger partial charge in [0.25, 0.3) is 5.56 Å². The van der Waals surface area contributed by atoms with Gasteiger partial charge < -0.3 is 4.52 Å². The van der Waals surface area contributed by atoms with Gasteiger partial charge in [-0.1, -0.05) is 5.16 Å². The van der Waals surface area contributed by atoms with E-state index in [-0.39, 0.29) is 11.6 Å². The van der Waals surface area contributed by atoms with Gasteiger partial charge in [-0.15, -0.1) is 11.3 Å². The van der Waals surface area contributed by atoms with Gasteiger partial charge in [0.05, 0.1) is 11.7 Å². The topological polar surface area (TPSA) is 76.5 Å².